The fraction of sp³-hybridized carbons (Fsp3) is 0.562. The average Bonchev–Trinajstić information content (AvgIpc) is 3.42. The molecule has 2 fully saturated rings. The van der Waals surface area contributed by atoms with Crippen LogP contribution in [0.5, 0.6) is 6.01 Å². The SMILES string of the molecule is C=CC(=O)N1CCN(c2nc(OC[C@@H]3CCCN3C)nc3c2CCN(c2cccc4c2CCN(C)C4)C3)C[C@@H]1CC#N. The van der Waals surface area contributed by atoms with Crippen molar-refractivity contribution in [2.45, 2.75) is 57.3 Å². The lowest BCUT2D eigenvalue weighted by molar-refractivity contribution is -0.128. The second-order valence-electron chi connectivity index (χ2n) is 12.1. The highest BCUT2D eigenvalue weighted by Crippen LogP contribution is 2.35. The van der Waals surface area contributed by atoms with Gasteiger partial charge in [-0.3, -0.25) is 4.79 Å². The molecular weight excluding hydrogens is 528 g/mol. The van der Waals surface area contributed by atoms with Crippen molar-refractivity contribution in [2.24, 2.45) is 0 Å². The molecule has 4 aliphatic heterocycles. The predicted molar refractivity (Wildman–Crippen MR) is 163 cm³/mol. The minimum absolute atomic E-state index is 0.127. The lowest BCUT2D eigenvalue weighted by Gasteiger charge is -2.42. The van der Waals surface area contributed by atoms with E-state index < -0.39 is 0 Å². The van der Waals surface area contributed by atoms with Crippen molar-refractivity contribution in [3.8, 4) is 12.1 Å². The molecule has 42 heavy (non-hydrogen) atoms. The molecule has 0 unspecified atom stereocenters. The number of carbonyl (C=O) groups excluding carboxylic acids is 1. The van der Waals surface area contributed by atoms with Crippen molar-refractivity contribution in [1.82, 2.24) is 24.7 Å². The monoisotopic (exact) mass is 570 g/mol. The third-order valence-corrected chi connectivity index (χ3v) is 9.44. The van der Waals surface area contributed by atoms with Crippen molar-refractivity contribution in [3.05, 3.63) is 53.2 Å². The number of nitrogens with zero attached hydrogens (tertiary/aromatic N) is 8. The molecule has 2 aromatic rings. The number of amides is 1. The van der Waals surface area contributed by atoms with Crippen LogP contribution in [0, 0.1) is 11.3 Å². The number of benzene rings is 1. The summed E-state index contributed by atoms with van der Waals surface area (Å²) in [6, 6.07) is 9.54. The van der Waals surface area contributed by atoms with Crippen LogP contribution >= 0.6 is 0 Å². The minimum Gasteiger partial charge on any atom is -0.462 e. The summed E-state index contributed by atoms with van der Waals surface area (Å²) in [7, 11) is 4.33. The molecule has 2 saturated heterocycles. The van der Waals surface area contributed by atoms with Crippen LogP contribution in [0.4, 0.5) is 11.5 Å². The quantitative estimate of drug-likeness (QED) is 0.466. The number of rotatable bonds is 7. The van der Waals surface area contributed by atoms with Gasteiger partial charge < -0.3 is 29.2 Å². The fourth-order valence-electron chi connectivity index (χ4n) is 7.04. The highest BCUT2D eigenvalue weighted by molar-refractivity contribution is 5.87. The maximum Gasteiger partial charge on any atom is 0.318 e. The summed E-state index contributed by atoms with van der Waals surface area (Å²) >= 11 is 0. The summed E-state index contributed by atoms with van der Waals surface area (Å²) in [5, 5.41) is 9.53. The number of carbonyl (C=O) groups is 1. The van der Waals surface area contributed by atoms with E-state index in [1.54, 1.807) is 4.90 Å². The summed E-state index contributed by atoms with van der Waals surface area (Å²) in [4.78, 5) is 33.7. The second kappa shape index (κ2) is 12.3. The van der Waals surface area contributed by atoms with Crippen molar-refractivity contribution >= 4 is 17.4 Å². The largest absolute Gasteiger partial charge is 0.462 e. The molecule has 2 atom stereocenters. The van der Waals surface area contributed by atoms with E-state index in [1.165, 1.54) is 29.3 Å². The normalized spacial score (nSPS) is 22.8. The molecule has 0 spiro atoms. The number of anilines is 2. The van der Waals surface area contributed by atoms with Crippen molar-refractivity contribution in [2.75, 3.05) is 69.8 Å². The Bertz CT molecular complexity index is 1370. The fourth-order valence-corrected chi connectivity index (χ4v) is 7.04. The summed E-state index contributed by atoms with van der Waals surface area (Å²) in [5.41, 5.74) is 6.34. The number of likely N-dealkylation sites (tertiary alicyclic amines) is 1. The first-order chi connectivity index (χ1) is 20.4. The first-order valence-corrected chi connectivity index (χ1v) is 15.3. The van der Waals surface area contributed by atoms with Crippen LogP contribution in [0.25, 0.3) is 0 Å². The third kappa shape index (κ3) is 5.68. The van der Waals surface area contributed by atoms with Gasteiger partial charge in [0.25, 0.3) is 0 Å². The van der Waals surface area contributed by atoms with Gasteiger partial charge in [0, 0.05) is 56.6 Å². The van der Waals surface area contributed by atoms with E-state index in [1.807, 2.05) is 0 Å². The molecule has 4 aliphatic rings. The smallest absolute Gasteiger partial charge is 0.318 e. The van der Waals surface area contributed by atoms with Gasteiger partial charge in [0.2, 0.25) is 5.91 Å². The summed E-state index contributed by atoms with van der Waals surface area (Å²) in [6.45, 7) is 10.7. The van der Waals surface area contributed by atoms with Crippen LogP contribution < -0.4 is 14.5 Å². The molecule has 5 heterocycles. The molecule has 0 N–H and O–H groups in total. The number of nitriles is 1. The van der Waals surface area contributed by atoms with Gasteiger partial charge in [-0.2, -0.15) is 15.2 Å². The van der Waals surface area contributed by atoms with E-state index in [9.17, 15) is 10.1 Å². The van der Waals surface area contributed by atoms with Gasteiger partial charge in [-0.15, -0.1) is 0 Å². The molecule has 1 amide bonds. The van der Waals surface area contributed by atoms with Crippen LogP contribution in [0.1, 0.15) is 41.6 Å². The van der Waals surface area contributed by atoms with E-state index in [-0.39, 0.29) is 18.4 Å². The Morgan fingerprint density at radius 1 is 1.07 bits per heavy atom. The first-order valence-electron chi connectivity index (χ1n) is 15.3. The van der Waals surface area contributed by atoms with E-state index in [0.717, 1.165) is 62.5 Å². The molecule has 0 aliphatic carbocycles. The van der Waals surface area contributed by atoms with Crippen LogP contribution in [0.15, 0.2) is 30.9 Å². The number of fused-ring (bicyclic) bond motifs is 2. The number of likely N-dealkylation sites (N-methyl/N-ethyl adjacent to an activating group) is 2. The molecule has 10 heteroatoms. The van der Waals surface area contributed by atoms with Crippen molar-refractivity contribution in [1.29, 1.82) is 5.26 Å². The van der Waals surface area contributed by atoms with Crippen LogP contribution in [0.3, 0.4) is 0 Å². The standard InChI is InChI=1S/C32H42N8O2/c1-4-30(41)40-18-17-39(20-24(40)10-13-33)31-27-12-16-38(29-9-5-7-23-19-36(2)15-11-26(23)29)21-28(27)34-32(35-31)42-22-25-8-6-14-37(25)3/h4-5,7,9,24-25H,1,6,8,10-12,14-22H2,2-3H3/t24-,25-/m0/s1. The molecule has 0 saturated carbocycles. The highest BCUT2D eigenvalue weighted by Gasteiger charge is 2.34. The minimum atomic E-state index is -0.217. The molecule has 222 valence electrons. The Morgan fingerprint density at radius 3 is 2.71 bits per heavy atom. The van der Waals surface area contributed by atoms with Gasteiger partial charge in [0.1, 0.15) is 12.4 Å². The molecule has 6 rings (SSSR count). The number of hydrogen-bond donors (Lipinski definition) is 0. The molecule has 0 radical (unpaired) electrons. The predicted octanol–water partition coefficient (Wildman–Crippen LogP) is 2.62. The lowest BCUT2D eigenvalue weighted by Crippen LogP contribution is -2.55. The summed E-state index contributed by atoms with van der Waals surface area (Å²) < 4.78 is 6.31. The Balaban J connectivity index is 1.31. The van der Waals surface area contributed by atoms with Gasteiger partial charge in [0.05, 0.1) is 30.8 Å². The molecule has 1 aromatic heterocycles. The van der Waals surface area contributed by atoms with E-state index >= 15 is 0 Å². The summed E-state index contributed by atoms with van der Waals surface area (Å²) in [5.74, 6) is 0.761. The Morgan fingerprint density at radius 2 is 1.93 bits per heavy atom. The maximum absolute atomic E-state index is 12.5. The average molecular weight is 571 g/mol. The van der Waals surface area contributed by atoms with Gasteiger partial charge in [0.15, 0.2) is 0 Å². The molecule has 1 aromatic carbocycles. The maximum atomic E-state index is 12.5. The van der Waals surface area contributed by atoms with Gasteiger partial charge in [-0.05, 0) is 69.6 Å². The lowest BCUT2D eigenvalue weighted by atomic mass is 9.95. The van der Waals surface area contributed by atoms with Crippen molar-refractivity contribution in [3.63, 3.8) is 0 Å². The van der Waals surface area contributed by atoms with Gasteiger partial charge in [-0.25, -0.2) is 0 Å². The zero-order valence-electron chi connectivity index (χ0n) is 25.0. The number of piperazine rings is 1. The Labute approximate surface area is 249 Å². The Hall–Kier alpha value is -3.68. The zero-order valence-corrected chi connectivity index (χ0v) is 25.0. The molecular formula is C32H42N8O2. The summed E-state index contributed by atoms with van der Waals surface area (Å²) in [6.07, 6.45) is 5.79. The van der Waals surface area contributed by atoms with Gasteiger partial charge >= 0.3 is 6.01 Å². The molecule has 10 nitrogen and oxygen atoms in total. The second-order valence-corrected chi connectivity index (χ2v) is 12.1. The van der Waals surface area contributed by atoms with Crippen LogP contribution in [-0.2, 0) is 30.7 Å². The first kappa shape index (κ1) is 28.4. The number of ether oxygens (including phenoxy) is 1. The van der Waals surface area contributed by atoms with E-state index in [4.69, 9.17) is 14.7 Å². The number of hydrogen-bond acceptors (Lipinski definition) is 9. The number of aromatic nitrogens is 2. The highest BCUT2D eigenvalue weighted by atomic mass is 16.5. The third-order valence-electron chi connectivity index (χ3n) is 9.44. The van der Waals surface area contributed by atoms with Crippen molar-refractivity contribution < 1.29 is 9.53 Å². The Kier molecular flexibility index (Phi) is 8.31. The van der Waals surface area contributed by atoms with Gasteiger partial charge in [-0.1, -0.05) is 18.7 Å². The van der Waals surface area contributed by atoms with E-state index in [0.29, 0.717) is 44.8 Å². The topological polar surface area (TPSA) is 92.1 Å². The van der Waals surface area contributed by atoms with Crippen LogP contribution in [-0.4, -0.2) is 103 Å². The van der Waals surface area contributed by atoms with E-state index in [2.05, 4.69) is 64.5 Å². The zero-order chi connectivity index (χ0) is 29.2. The molecule has 0 bridgehead atoms. The van der Waals surface area contributed by atoms with Crippen LogP contribution in [0.2, 0.25) is 0 Å².